The Morgan fingerprint density at radius 3 is 1.36 bits per heavy atom. The summed E-state index contributed by atoms with van der Waals surface area (Å²) in [5.74, 6) is -0.254. The molecule has 0 saturated heterocycles. The Bertz CT molecular complexity index is 757. The van der Waals surface area contributed by atoms with Gasteiger partial charge in [0.1, 0.15) is 5.75 Å². The average molecular weight is 549 g/mol. The lowest BCUT2D eigenvalue weighted by atomic mass is 9.70. The summed E-state index contributed by atoms with van der Waals surface area (Å²) in [5.41, 5.74) is 0. The highest BCUT2D eigenvalue weighted by Gasteiger charge is 2.63. The fraction of sp³-hybridized carbons (Fsp3) is 0.778. The Balaban J connectivity index is 3.79. The van der Waals surface area contributed by atoms with Crippen LogP contribution in [0.15, 0.2) is 30.3 Å². The second-order valence-corrected chi connectivity index (χ2v) is 14.2. The highest BCUT2D eigenvalue weighted by Crippen LogP contribution is 2.70. The fourth-order valence-corrected chi connectivity index (χ4v) is 9.18. The molecule has 0 spiro atoms. The van der Waals surface area contributed by atoms with Gasteiger partial charge in [0.15, 0.2) is 0 Å². The van der Waals surface area contributed by atoms with E-state index >= 15 is 0 Å². The van der Waals surface area contributed by atoms with E-state index in [4.69, 9.17) is 4.74 Å². The molecule has 0 fully saturated rings. The second-order valence-electron chi connectivity index (χ2n) is 10.2. The summed E-state index contributed by atoms with van der Waals surface area (Å²) in [5, 5.41) is -3.02. The highest BCUT2D eigenvalue weighted by atomic mass is 31.2. The van der Waals surface area contributed by atoms with Crippen LogP contribution in [0.1, 0.15) is 111 Å². The molecule has 0 saturated carbocycles. The van der Waals surface area contributed by atoms with Gasteiger partial charge in [-0.3, -0.25) is 9.13 Å². The Hall–Kier alpha value is -0.680. The molecule has 1 rings (SSSR count). The molecule has 0 amide bonds. The molecule has 0 aliphatic carbocycles. The summed E-state index contributed by atoms with van der Waals surface area (Å²) < 4.78 is 32.9. The number of benzene rings is 1. The van der Waals surface area contributed by atoms with Crippen molar-refractivity contribution in [2.24, 2.45) is 5.92 Å². The molecular weight excluding hydrogens is 498 g/mol. The smallest absolute Gasteiger partial charge is 0.331 e. The Labute approximate surface area is 218 Å². The van der Waals surface area contributed by atoms with Gasteiger partial charge >= 0.3 is 15.2 Å². The summed E-state index contributed by atoms with van der Waals surface area (Å²) in [6, 6.07) is 9.18. The lowest BCUT2D eigenvalue weighted by Crippen LogP contribution is -2.52. The van der Waals surface area contributed by atoms with Crippen LogP contribution in [0.5, 0.6) is 5.75 Å². The molecule has 0 aliphatic rings. The number of hydrogen-bond acceptors (Lipinski definition) is 3. The topological polar surface area (TPSA) is 124 Å². The molecule has 0 bridgehead atoms. The zero-order valence-electron chi connectivity index (χ0n) is 22.8. The van der Waals surface area contributed by atoms with E-state index in [0.717, 1.165) is 25.7 Å². The summed E-state index contributed by atoms with van der Waals surface area (Å²) in [4.78, 5) is 43.9. The lowest BCUT2D eigenvalue weighted by Gasteiger charge is -2.51. The maximum atomic E-state index is 13.5. The number of rotatable bonds is 20. The van der Waals surface area contributed by atoms with Crippen molar-refractivity contribution in [2.75, 3.05) is 6.61 Å². The van der Waals surface area contributed by atoms with Gasteiger partial charge in [-0.1, -0.05) is 97.3 Å². The molecular formula is C27H50O7P2. The number of ether oxygens (including phenoxy) is 1. The molecule has 0 heterocycles. The predicted molar refractivity (Wildman–Crippen MR) is 148 cm³/mol. The molecule has 7 nitrogen and oxygen atoms in total. The van der Waals surface area contributed by atoms with Crippen LogP contribution in [-0.4, -0.2) is 36.5 Å². The number of hydrogen-bond donors (Lipinski definition) is 4. The third kappa shape index (κ3) is 8.68. The molecule has 0 aliphatic heterocycles. The van der Waals surface area contributed by atoms with Gasteiger partial charge in [-0.15, -0.1) is 0 Å². The molecule has 1 aromatic carbocycles. The lowest BCUT2D eigenvalue weighted by molar-refractivity contribution is 0.128. The maximum Gasteiger partial charge on any atom is 0.331 e. The normalized spacial score (nSPS) is 13.4. The fourth-order valence-electron chi connectivity index (χ4n) is 5.72. The van der Waals surface area contributed by atoms with E-state index in [1.165, 1.54) is 0 Å². The van der Waals surface area contributed by atoms with Crippen molar-refractivity contribution < 1.29 is 33.4 Å². The van der Waals surface area contributed by atoms with Crippen LogP contribution in [0, 0.1) is 5.92 Å². The molecule has 1 aromatic rings. The van der Waals surface area contributed by atoms with Crippen molar-refractivity contribution in [3.05, 3.63) is 30.3 Å². The van der Waals surface area contributed by atoms with Crippen LogP contribution in [0.2, 0.25) is 0 Å². The first kappa shape index (κ1) is 33.3. The summed E-state index contributed by atoms with van der Waals surface area (Å²) >= 11 is 0. The van der Waals surface area contributed by atoms with E-state index in [0.29, 0.717) is 31.4 Å². The van der Waals surface area contributed by atoms with Gasteiger partial charge in [-0.2, -0.15) is 0 Å². The largest absolute Gasteiger partial charge is 0.494 e. The molecule has 36 heavy (non-hydrogen) atoms. The van der Waals surface area contributed by atoms with Crippen LogP contribution < -0.4 is 4.74 Å². The van der Waals surface area contributed by atoms with Gasteiger partial charge in [0.25, 0.3) is 0 Å². The molecule has 9 heteroatoms. The van der Waals surface area contributed by atoms with Crippen molar-refractivity contribution in [3.8, 4) is 5.75 Å². The first-order valence-electron chi connectivity index (χ1n) is 13.7. The minimum absolute atomic E-state index is 0.134. The van der Waals surface area contributed by atoms with E-state index in [-0.39, 0.29) is 38.7 Å². The van der Waals surface area contributed by atoms with E-state index in [2.05, 4.69) is 0 Å². The number of para-hydroxylation sites is 1. The van der Waals surface area contributed by atoms with Crippen molar-refractivity contribution in [3.63, 3.8) is 0 Å². The third-order valence-electron chi connectivity index (χ3n) is 7.73. The molecule has 4 N–H and O–H groups in total. The van der Waals surface area contributed by atoms with Gasteiger partial charge in [0, 0.05) is 0 Å². The predicted octanol–water partition coefficient (Wildman–Crippen LogP) is 7.67. The average Bonchev–Trinajstić information content (AvgIpc) is 2.82. The summed E-state index contributed by atoms with van der Waals surface area (Å²) in [7, 11) is -9.53. The first-order valence-corrected chi connectivity index (χ1v) is 17.0. The zero-order valence-corrected chi connectivity index (χ0v) is 24.6. The molecule has 0 atom stereocenters. The van der Waals surface area contributed by atoms with E-state index in [9.17, 15) is 28.7 Å². The van der Waals surface area contributed by atoms with E-state index in [1.54, 1.807) is 0 Å². The highest BCUT2D eigenvalue weighted by molar-refractivity contribution is 7.55. The minimum Gasteiger partial charge on any atom is -0.494 e. The molecule has 0 unspecified atom stereocenters. The SMILES string of the molecule is CCCCC(CCCC)(C(CCOc1ccccc1)C(CCCC)(CCCC)P(=O)(O)O)P(=O)(O)O. The quantitative estimate of drug-likeness (QED) is 0.123. The van der Waals surface area contributed by atoms with Crippen molar-refractivity contribution in [1.82, 2.24) is 0 Å². The van der Waals surface area contributed by atoms with Crippen molar-refractivity contribution in [2.45, 2.75) is 121 Å². The maximum absolute atomic E-state index is 13.5. The van der Waals surface area contributed by atoms with Crippen LogP contribution >= 0.6 is 15.2 Å². The van der Waals surface area contributed by atoms with Crippen LogP contribution in [0.4, 0.5) is 0 Å². The monoisotopic (exact) mass is 548 g/mol. The summed E-state index contributed by atoms with van der Waals surface area (Å²) in [6.07, 6.45) is 6.46. The molecule has 0 radical (unpaired) electrons. The zero-order chi connectivity index (χ0) is 27.3. The van der Waals surface area contributed by atoms with E-state index < -0.39 is 31.4 Å². The van der Waals surface area contributed by atoms with Crippen LogP contribution in [-0.2, 0) is 9.13 Å². The first-order chi connectivity index (χ1) is 17.0. The Morgan fingerprint density at radius 1 is 0.694 bits per heavy atom. The Morgan fingerprint density at radius 2 is 1.06 bits per heavy atom. The van der Waals surface area contributed by atoms with Crippen LogP contribution in [0.25, 0.3) is 0 Å². The van der Waals surface area contributed by atoms with Crippen molar-refractivity contribution in [1.29, 1.82) is 0 Å². The third-order valence-corrected chi connectivity index (χ3v) is 11.6. The van der Waals surface area contributed by atoms with Gasteiger partial charge in [-0.25, -0.2) is 0 Å². The van der Waals surface area contributed by atoms with Gasteiger partial charge < -0.3 is 24.3 Å². The minimum atomic E-state index is -4.76. The van der Waals surface area contributed by atoms with Gasteiger partial charge in [-0.05, 0) is 50.2 Å². The Kier molecular flexibility index (Phi) is 14.5. The van der Waals surface area contributed by atoms with Crippen molar-refractivity contribution >= 4 is 15.2 Å². The molecule has 210 valence electrons. The summed E-state index contributed by atoms with van der Waals surface area (Å²) in [6.45, 7) is 8.03. The van der Waals surface area contributed by atoms with Gasteiger partial charge in [0.05, 0.1) is 16.9 Å². The standard InChI is InChI=1S/C27H50O7P2/c1-5-9-19-26(20-10-6-2,35(28,29)30)25(18-23-34-24-16-14-13-15-17-24)27(21-11-7-3,22-12-8-4)36(31,32)33/h13-17,25H,5-12,18-23H2,1-4H3,(H2,28,29,30)(H2,31,32,33). The second kappa shape index (κ2) is 15.7. The van der Waals surface area contributed by atoms with Crippen LogP contribution in [0.3, 0.4) is 0 Å². The van der Waals surface area contributed by atoms with E-state index in [1.807, 2.05) is 58.0 Å². The number of unbranched alkanes of at least 4 members (excludes halogenated alkanes) is 4. The van der Waals surface area contributed by atoms with Gasteiger partial charge in [0.2, 0.25) is 0 Å². The molecule has 0 aromatic heterocycles.